The fraction of sp³-hybridized carbons (Fsp3) is 0.688. The Morgan fingerprint density at radius 3 is 2.71 bits per heavy atom. The van der Waals surface area contributed by atoms with Gasteiger partial charge in [-0.05, 0) is 44.7 Å². The molecule has 0 radical (unpaired) electrons. The van der Waals surface area contributed by atoms with Crippen molar-refractivity contribution in [2.75, 3.05) is 13.7 Å². The van der Waals surface area contributed by atoms with E-state index in [-0.39, 0.29) is 23.7 Å². The number of amides is 1. The molecule has 3 rings (SSSR count). The maximum absolute atomic E-state index is 12.7. The first-order valence-corrected chi connectivity index (χ1v) is 8.58. The normalized spacial score (nSPS) is 28.0. The van der Waals surface area contributed by atoms with Crippen LogP contribution in [0.25, 0.3) is 0 Å². The Morgan fingerprint density at radius 1 is 1.48 bits per heavy atom. The molecule has 1 amide bonds. The molecule has 5 heteroatoms. The van der Waals surface area contributed by atoms with Crippen LogP contribution >= 0.6 is 11.3 Å². The zero-order valence-corrected chi connectivity index (χ0v) is 13.8. The number of thiophene rings is 1. The molecule has 1 aromatic heterocycles. The predicted molar refractivity (Wildman–Crippen MR) is 84.3 cm³/mol. The summed E-state index contributed by atoms with van der Waals surface area (Å²) in [6, 6.07) is 4.20. The molecule has 2 atom stereocenters. The minimum Gasteiger partial charge on any atom is -0.376 e. The smallest absolute Gasteiger partial charge is 0.241 e. The van der Waals surface area contributed by atoms with Crippen molar-refractivity contribution in [1.82, 2.24) is 10.2 Å². The summed E-state index contributed by atoms with van der Waals surface area (Å²) >= 11 is 1.77. The number of nitrogens with one attached hydrogen (secondary N) is 1. The molecule has 2 aliphatic rings. The summed E-state index contributed by atoms with van der Waals surface area (Å²) in [5.41, 5.74) is -0.121. The van der Waals surface area contributed by atoms with Gasteiger partial charge in [-0.2, -0.15) is 0 Å². The van der Waals surface area contributed by atoms with Crippen LogP contribution in [0.4, 0.5) is 0 Å². The summed E-state index contributed by atoms with van der Waals surface area (Å²) in [4.78, 5) is 17.2. The number of carbonyl (C=O) groups excluding carboxylic acids is 1. The molecule has 2 unspecified atom stereocenters. The maximum atomic E-state index is 12.7. The maximum Gasteiger partial charge on any atom is 0.241 e. The van der Waals surface area contributed by atoms with Crippen molar-refractivity contribution >= 4 is 17.2 Å². The van der Waals surface area contributed by atoms with Crippen LogP contribution in [0, 0.1) is 6.92 Å². The molecule has 4 nitrogen and oxygen atoms in total. The Hall–Kier alpha value is -0.910. The highest BCUT2D eigenvalue weighted by Crippen LogP contribution is 2.39. The van der Waals surface area contributed by atoms with Crippen LogP contribution in [-0.4, -0.2) is 36.1 Å². The molecule has 1 N–H and O–H groups in total. The van der Waals surface area contributed by atoms with E-state index in [1.807, 2.05) is 4.90 Å². The van der Waals surface area contributed by atoms with Crippen LogP contribution in [-0.2, 0) is 9.53 Å². The number of rotatable bonds is 5. The van der Waals surface area contributed by atoms with E-state index in [1.54, 1.807) is 18.4 Å². The lowest BCUT2D eigenvalue weighted by atomic mass is 9.79. The molecule has 2 fully saturated rings. The summed E-state index contributed by atoms with van der Waals surface area (Å²) in [5.74, 6) is 0.219. The lowest BCUT2D eigenvalue weighted by Crippen LogP contribution is -2.51. The number of hydrogen-bond donors (Lipinski definition) is 1. The first-order chi connectivity index (χ1) is 10.1. The van der Waals surface area contributed by atoms with Gasteiger partial charge in [0.25, 0.3) is 0 Å². The van der Waals surface area contributed by atoms with Crippen molar-refractivity contribution in [3.63, 3.8) is 0 Å². The Morgan fingerprint density at radius 2 is 2.24 bits per heavy atom. The van der Waals surface area contributed by atoms with E-state index in [0.717, 1.165) is 19.3 Å². The molecule has 0 spiro atoms. The first kappa shape index (κ1) is 15.0. The Labute approximate surface area is 130 Å². The summed E-state index contributed by atoms with van der Waals surface area (Å²) in [6.07, 6.45) is 4.15. The summed E-state index contributed by atoms with van der Waals surface area (Å²) in [7, 11) is 1.77. The number of aryl methyl sites for hydroxylation is 1. The van der Waals surface area contributed by atoms with Gasteiger partial charge in [0.15, 0.2) is 0 Å². The minimum atomic E-state index is -0.121. The summed E-state index contributed by atoms with van der Waals surface area (Å²) in [5, 5.41) is 3.50. The van der Waals surface area contributed by atoms with Gasteiger partial charge < -0.3 is 9.64 Å². The third kappa shape index (κ3) is 2.62. The molecule has 0 aromatic carbocycles. The predicted octanol–water partition coefficient (Wildman–Crippen LogP) is 2.83. The zero-order valence-electron chi connectivity index (χ0n) is 13.0. The van der Waals surface area contributed by atoms with Gasteiger partial charge in [0, 0.05) is 16.9 Å². The minimum absolute atomic E-state index is 0.00812. The number of ether oxygens (including phenoxy) is 1. The van der Waals surface area contributed by atoms with Gasteiger partial charge in [-0.3, -0.25) is 10.1 Å². The number of hydrogen-bond acceptors (Lipinski definition) is 4. The molecule has 2 heterocycles. The SMILES string of the molecule is CCC1NC(c2ccc(C)s2)N(CC2(OC)CCC2)C1=O. The van der Waals surface area contributed by atoms with E-state index in [2.05, 4.69) is 31.3 Å². The lowest BCUT2D eigenvalue weighted by molar-refractivity contribution is -0.140. The van der Waals surface area contributed by atoms with Gasteiger partial charge in [0.2, 0.25) is 5.91 Å². The van der Waals surface area contributed by atoms with Gasteiger partial charge in [-0.1, -0.05) is 6.92 Å². The van der Waals surface area contributed by atoms with Gasteiger partial charge in [-0.15, -0.1) is 11.3 Å². The number of methoxy groups -OCH3 is 1. The van der Waals surface area contributed by atoms with Crippen LogP contribution in [0.1, 0.15) is 48.5 Å². The molecule has 21 heavy (non-hydrogen) atoms. The van der Waals surface area contributed by atoms with Gasteiger partial charge in [-0.25, -0.2) is 0 Å². The van der Waals surface area contributed by atoms with Crippen molar-refractivity contribution in [1.29, 1.82) is 0 Å². The highest BCUT2D eigenvalue weighted by Gasteiger charge is 2.46. The van der Waals surface area contributed by atoms with E-state index in [1.165, 1.54) is 16.2 Å². The van der Waals surface area contributed by atoms with Crippen molar-refractivity contribution in [3.8, 4) is 0 Å². The van der Waals surface area contributed by atoms with E-state index in [4.69, 9.17) is 4.74 Å². The van der Waals surface area contributed by atoms with Crippen molar-refractivity contribution in [3.05, 3.63) is 21.9 Å². The summed E-state index contributed by atoms with van der Waals surface area (Å²) < 4.78 is 5.72. The Balaban J connectivity index is 1.84. The largest absolute Gasteiger partial charge is 0.376 e. The molecular formula is C16H24N2O2S. The van der Waals surface area contributed by atoms with E-state index < -0.39 is 0 Å². The molecule has 0 bridgehead atoms. The second-order valence-electron chi connectivity index (χ2n) is 6.19. The van der Waals surface area contributed by atoms with Gasteiger partial charge in [0.05, 0.1) is 18.2 Å². The third-order valence-electron chi connectivity index (χ3n) is 4.85. The van der Waals surface area contributed by atoms with Crippen LogP contribution < -0.4 is 5.32 Å². The average Bonchev–Trinajstić information content (AvgIpc) is 2.98. The average molecular weight is 308 g/mol. The summed E-state index contributed by atoms with van der Waals surface area (Å²) in [6.45, 7) is 4.87. The lowest BCUT2D eigenvalue weighted by Gasteiger charge is -2.44. The number of nitrogens with zero attached hydrogens (tertiary/aromatic N) is 1. The second-order valence-corrected chi connectivity index (χ2v) is 7.50. The third-order valence-corrected chi connectivity index (χ3v) is 5.90. The quantitative estimate of drug-likeness (QED) is 0.909. The molecule has 1 saturated carbocycles. The van der Waals surface area contributed by atoms with Crippen LogP contribution in [0.3, 0.4) is 0 Å². The zero-order chi connectivity index (χ0) is 15.0. The van der Waals surface area contributed by atoms with E-state index in [9.17, 15) is 4.79 Å². The van der Waals surface area contributed by atoms with E-state index >= 15 is 0 Å². The van der Waals surface area contributed by atoms with E-state index in [0.29, 0.717) is 6.54 Å². The van der Waals surface area contributed by atoms with Crippen molar-refractivity contribution in [2.24, 2.45) is 0 Å². The van der Waals surface area contributed by atoms with Crippen molar-refractivity contribution < 1.29 is 9.53 Å². The van der Waals surface area contributed by atoms with Crippen LogP contribution in [0.15, 0.2) is 12.1 Å². The second kappa shape index (κ2) is 5.71. The Bertz CT molecular complexity index is 519. The first-order valence-electron chi connectivity index (χ1n) is 7.76. The van der Waals surface area contributed by atoms with Crippen LogP contribution in [0.2, 0.25) is 0 Å². The molecule has 1 aromatic rings. The molecule has 1 saturated heterocycles. The fourth-order valence-corrected chi connectivity index (χ4v) is 4.24. The molecule has 1 aliphatic carbocycles. The van der Waals surface area contributed by atoms with Gasteiger partial charge in [0.1, 0.15) is 6.17 Å². The highest BCUT2D eigenvalue weighted by molar-refractivity contribution is 7.12. The molecule has 1 aliphatic heterocycles. The van der Waals surface area contributed by atoms with Gasteiger partial charge >= 0.3 is 0 Å². The monoisotopic (exact) mass is 308 g/mol. The molecular weight excluding hydrogens is 284 g/mol. The Kier molecular flexibility index (Phi) is 4.08. The number of carbonyl (C=O) groups is 1. The van der Waals surface area contributed by atoms with Crippen molar-refractivity contribution in [2.45, 2.75) is 57.3 Å². The fourth-order valence-electron chi connectivity index (χ4n) is 3.29. The highest BCUT2D eigenvalue weighted by atomic mass is 32.1. The standard InChI is InChI=1S/C16H24N2O2S/c1-4-12-15(19)18(10-16(20-3)8-5-9-16)14(17-12)13-7-6-11(2)21-13/h6-7,12,14,17H,4-5,8-10H2,1-3H3. The topological polar surface area (TPSA) is 41.6 Å². The molecule has 116 valence electrons. The van der Waals surface area contributed by atoms with Crippen LogP contribution in [0.5, 0.6) is 0 Å².